The first-order valence-corrected chi connectivity index (χ1v) is 7.04. The summed E-state index contributed by atoms with van der Waals surface area (Å²) in [6, 6.07) is 2.04. The van der Waals surface area contributed by atoms with Crippen molar-refractivity contribution in [2.45, 2.75) is 19.8 Å². The molecule has 0 saturated carbocycles. The lowest BCUT2D eigenvalue weighted by Crippen LogP contribution is -2.00. The monoisotopic (exact) mass is 339 g/mol. The number of halogens is 1. The van der Waals surface area contributed by atoms with E-state index in [2.05, 4.69) is 40.0 Å². The summed E-state index contributed by atoms with van der Waals surface area (Å²) < 4.78 is 11.8. The van der Waals surface area contributed by atoms with Crippen LogP contribution in [0.15, 0.2) is 16.7 Å². The van der Waals surface area contributed by atoms with Crippen LogP contribution in [0.4, 0.5) is 5.82 Å². The van der Waals surface area contributed by atoms with E-state index in [0.29, 0.717) is 17.5 Å². The zero-order valence-corrected chi connectivity index (χ0v) is 13.5. The van der Waals surface area contributed by atoms with E-state index in [1.165, 1.54) is 0 Å². The summed E-state index contributed by atoms with van der Waals surface area (Å²) in [5, 5.41) is 6.71. The largest absolute Gasteiger partial charge is 0.495 e. The van der Waals surface area contributed by atoms with Crippen LogP contribution < -0.4 is 15.2 Å². The third-order valence-corrected chi connectivity index (χ3v) is 3.91. The average molecular weight is 340 g/mol. The second-order valence-corrected chi connectivity index (χ2v) is 5.54. The summed E-state index contributed by atoms with van der Waals surface area (Å²) in [7, 11) is 3.27. The number of rotatable bonds is 4. The van der Waals surface area contributed by atoms with Crippen LogP contribution in [0, 0.1) is 0 Å². The minimum atomic E-state index is 0.305. The second-order valence-electron chi connectivity index (χ2n) is 4.75. The van der Waals surface area contributed by atoms with Gasteiger partial charge in [-0.2, -0.15) is 5.10 Å². The number of aromatic nitrogens is 2. The molecular formula is C14H18BrN3O2. The number of aromatic amines is 1. The average Bonchev–Trinajstić information content (AvgIpc) is 2.83. The van der Waals surface area contributed by atoms with Crippen molar-refractivity contribution in [2.24, 2.45) is 0 Å². The highest BCUT2D eigenvalue weighted by Crippen LogP contribution is 2.47. The van der Waals surface area contributed by atoms with Gasteiger partial charge < -0.3 is 15.2 Å². The summed E-state index contributed by atoms with van der Waals surface area (Å²) in [4.78, 5) is 0. The Morgan fingerprint density at radius 2 is 1.85 bits per heavy atom. The predicted molar refractivity (Wildman–Crippen MR) is 83.3 cm³/mol. The smallest absolute Gasteiger partial charge is 0.144 e. The molecule has 0 bridgehead atoms. The molecule has 0 atom stereocenters. The second kappa shape index (κ2) is 5.75. The Hall–Kier alpha value is -1.69. The van der Waals surface area contributed by atoms with Crippen LogP contribution in [-0.4, -0.2) is 24.4 Å². The molecule has 0 aliphatic heterocycles. The molecule has 5 nitrogen and oxygen atoms in total. The Bertz CT molecular complexity index is 623. The molecule has 0 radical (unpaired) electrons. The zero-order chi connectivity index (χ0) is 14.9. The lowest BCUT2D eigenvalue weighted by Gasteiger charge is -2.19. The molecule has 108 valence electrons. The Morgan fingerprint density at radius 1 is 1.20 bits per heavy atom. The van der Waals surface area contributed by atoms with E-state index in [-0.39, 0.29) is 0 Å². The zero-order valence-electron chi connectivity index (χ0n) is 12.0. The Kier molecular flexibility index (Phi) is 4.23. The fourth-order valence-electron chi connectivity index (χ4n) is 2.18. The molecule has 2 aromatic rings. The van der Waals surface area contributed by atoms with Crippen LogP contribution in [-0.2, 0) is 0 Å². The number of nitrogen functional groups attached to an aromatic ring is 1. The first kappa shape index (κ1) is 14.7. The van der Waals surface area contributed by atoms with Crippen molar-refractivity contribution in [1.82, 2.24) is 10.2 Å². The molecule has 0 aliphatic carbocycles. The molecule has 0 fully saturated rings. The van der Waals surface area contributed by atoms with Crippen LogP contribution in [0.3, 0.4) is 0 Å². The standard InChI is InChI=1S/C14H18BrN3O2/c1-7(2)8-5-9(10-6-17-18-14(10)16)13(20-4)11(15)12(8)19-3/h5-7H,1-4H3,(H3,16,17,18). The van der Waals surface area contributed by atoms with Gasteiger partial charge in [0, 0.05) is 11.1 Å². The number of nitrogens with one attached hydrogen (secondary N) is 1. The number of benzene rings is 1. The number of nitrogens with zero attached hydrogens (tertiary/aromatic N) is 1. The minimum absolute atomic E-state index is 0.305. The number of H-pyrrole nitrogens is 1. The topological polar surface area (TPSA) is 73.2 Å². The van der Waals surface area contributed by atoms with E-state index in [9.17, 15) is 0 Å². The van der Waals surface area contributed by atoms with Gasteiger partial charge in [0.25, 0.3) is 0 Å². The fourth-order valence-corrected chi connectivity index (χ4v) is 2.95. The number of hydrogen-bond donors (Lipinski definition) is 2. The molecule has 0 aliphatic rings. The maximum absolute atomic E-state index is 5.92. The first-order chi connectivity index (χ1) is 9.51. The lowest BCUT2D eigenvalue weighted by atomic mass is 9.96. The maximum Gasteiger partial charge on any atom is 0.144 e. The highest BCUT2D eigenvalue weighted by Gasteiger charge is 2.22. The molecule has 0 unspecified atom stereocenters. The van der Waals surface area contributed by atoms with Crippen molar-refractivity contribution in [3.8, 4) is 22.6 Å². The number of anilines is 1. The van der Waals surface area contributed by atoms with Gasteiger partial charge in [-0.15, -0.1) is 0 Å². The molecule has 2 rings (SSSR count). The first-order valence-electron chi connectivity index (χ1n) is 6.24. The number of methoxy groups -OCH3 is 2. The van der Waals surface area contributed by atoms with E-state index in [1.807, 2.05) is 6.07 Å². The third-order valence-electron chi connectivity index (χ3n) is 3.19. The van der Waals surface area contributed by atoms with Gasteiger partial charge in [-0.3, -0.25) is 5.10 Å². The molecule has 0 saturated heterocycles. The van der Waals surface area contributed by atoms with Crippen molar-refractivity contribution in [3.05, 3.63) is 22.3 Å². The molecule has 6 heteroatoms. The number of hydrogen-bond acceptors (Lipinski definition) is 4. The predicted octanol–water partition coefficient (Wildman–Crippen LogP) is 3.56. The van der Waals surface area contributed by atoms with E-state index in [0.717, 1.165) is 26.9 Å². The summed E-state index contributed by atoms with van der Waals surface area (Å²) >= 11 is 3.56. The van der Waals surface area contributed by atoms with Crippen molar-refractivity contribution >= 4 is 21.7 Å². The highest BCUT2D eigenvalue weighted by atomic mass is 79.9. The van der Waals surface area contributed by atoms with Gasteiger partial charge in [0.2, 0.25) is 0 Å². The molecule has 1 heterocycles. The summed E-state index contributed by atoms with van der Waals surface area (Å²) in [5.41, 5.74) is 8.70. The van der Waals surface area contributed by atoms with Crippen LogP contribution >= 0.6 is 15.9 Å². The van der Waals surface area contributed by atoms with Gasteiger partial charge >= 0.3 is 0 Å². The molecule has 0 amide bonds. The van der Waals surface area contributed by atoms with E-state index in [4.69, 9.17) is 15.2 Å². The lowest BCUT2D eigenvalue weighted by molar-refractivity contribution is 0.386. The van der Waals surface area contributed by atoms with Crippen molar-refractivity contribution in [1.29, 1.82) is 0 Å². The van der Waals surface area contributed by atoms with Gasteiger partial charge in [0.05, 0.1) is 20.4 Å². The molecule has 1 aromatic heterocycles. The quantitative estimate of drug-likeness (QED) is 0.893. The molecule has 20 heavy (non-hydrogen) atoms. The highest BCUT2D eigenvalue weighted by molar-refractivity contribution is 9.10. The Morgan fingerprint density at radius 3 is 2.30 bits per heavy atom. The van der Waals surface area contributed by atoms with E-state index in [1.54, 1.807) is 20.4 Å². The van der Waals surface area contributed by atoms with Gasteiger partial charge in [0.1, 0.15) is 21.8 Å². The van der Waals surface area contributed by atoms with Crippen molar-refractivity contribution in [3.63, 3.8) is 0 Å². The Labute approximate surface area is 126 Å². The number of ether oxygens (including phenoxy) is 2. The summed E-state index contributed by atoms with van der Waals surface area (Å²) in [5.74, 6) is 2.27. The van der Waals surface area contributed by atoms with Crippen LogP contribution in [0.1, 0.15) is 25.3 Å². The Balaban J connectivity index is 2.77. The van der Waals surface area contributed by atoms with Gasteiger partial charge in [-0.05, 0) is 33.5 Å². The van der Waals surface area contributed by atoms with Crippen molar-refractivity contribution < 1.29 is 9.47 Å². The minimum Gasteiger partial charge on any atom is -0.495 e. The SMILES string of the molecule is COc1c(-c2cn[nH]c2N)cc(C(C)C)c(OC)c1Br. The van der Waals surface area contributed by atoms with Crippen LogP contribution in [0.25, 0.3) is 11.1 Å². The van der Waals surface area contributed by atoms with Crippen LogP contribution in [0.5, 0.6) is 11.5 Å². The van der Waals surface area contributed by atoms with Gasteiger partial charge in [0.15, 0.2) is 0 Å². The number of nitrogens with two attached hydrogens (primary N) is 1. The van der Waals surface area contributed by atoms with Gasteiger partial charge in [-0.25, -0.2) is 0 Å². The van der Waals surface area contributed by atoms with E-state index >= 15 is 0 Å². The van der Waals surface area contributed by atoms with E-state index < -0.39 is 0 Å². The van der Waals surface area contributed by atoms with Crippen molar-refractivity contribution in [2.75, 3.05) is 20.0 Å². The third kappa shape index (κ3) is 2.35. The maximum atomic E-state index is 5.92. The summed E-state index contributed by atoms with van der Waals surface area (Å²) in [6.45, 7) is 4.22. The molecule has 3 N–H and O–H groups in total. The summed E-state index contributed by atoms with van der Waals surface area (Å²) in [6.07, 6.45) is 1.69. The fraction of sp³-hybridized carbons (Fsp3) is 0.357. The van der Waals surface area contributed by atoms with Crippen LogP contribution in [0.2, 0.25) is 0 Å². The van der Waals surface area contributed by atoms with Gasteiger partial charge in [-0.1, -0.05) is 13.8 Å². The molecular weight excluding hydrogens is 322 g/mol. The molecule has 0 spiro atoms. The molecule has 1 aromatic carbocycles. The normalized spacial score (nSPS) is 10.9.